The first kappa shape index (κ1) is 13.4. The van der Waals surface area contributed by atoms with Crippen LogP contribution in [0.4, 0.5) is 5.95 Å². The first-order chi connectivity index (χ1) is 8.08. The molecule has 5 heteroatoms. The van der Waals surface area contributed by atoms with E-state index in [1.807, 2.05) is 31.7 Å². The van der Waals surface area contributed by atoms with E-state index in [0.717, 1.165) is 12.2 Å². The van der Waals surface area contributed by atoms with E-state index in [-0.39, 0.29) is 11.9 Å². The Kier molecular flexibility index (Phi) is 4.87. The summed E-state index contributed by atoms with van der Waals surface area (Å²) in [6.45, 7) is 7.08. The first-order valence-corrected chi connectivity index (χ1v) is 5.70. The zero-order chi connectivity index (χ0) is 12.8. The number of aryl methyl sites for hydroxylation is 1. The van der Waals surface area contributed by atoms with Crippen molar-refractivity contribution in [1.29, 1.82) is 0 Å². The molecule has 0 aromatic carbocycles. The van der Waals surface area contributed by atoms with E-state index < -0.39 is 0 Å². The summed E-state index contributed by atoms with van der Waals surface area (Å²) in [5.41, 5.74) is 0.916. The maximum Gasteiger partial charge on any atom is 0.310 e. The molecule has 1 aromatic rings. The van der Waals surface area contributed by atoms with Crippen LogP contribution in [-0.4, -0.2) is 36.1 Å². The summed E-state index contributed by atoms with van der Waals surface area (Å²) in [5, 5.41) is 0. The zero-order valence-electron chi connectivity index (χ0n) is 10.8. The van der Waals surface area contributed by atoms with E-state index in [1.165, 1.54) is 7.11 Å². The lowest BCUT2D eigenvalue weighted by Gasteiger charge is -2.23. The van der Waals surface area contributed by atoms with Crippen LogP contribution in [0.5, 0.6) is 0 Å². The normalized spacial score (nSPS) is 12.0. The van der Waals surface area contributed by atoms with Crippen molar-refractivity contribution >= 4 is 11.9 Å². The molecule has 0 fully saturated rings. The second-order valence-electron chi connectivity index (χ2n) is 3.96. The van der Waals surface area contributed by atoms with E-state index in [9.17, 15) is 4.79 Å². The minimum Gasteiger partial charge on any atom is -0.469 e. The largest absolute Gasteiger partial charge is 0.469 e. The minimum atomic E-state index is -0.212. The molecule has 1 rings (SSSR count). The van der Waals surface area contributed by atoms with E-state index in [2.05, 4.69) is 9.97 Å². The highest BCUT2D eigenvalue weighted by molar-refractivity contribution is 5.72. The quantitative estimate of drug-likeness (QED) is 0.725. The van der Waals surface area contributed by atoms with Crippen LogP contribution in [0.3, 0.4) is 0 Å². The lowest BCUT2D eigenvalue weighted by Crippen LogP contribution is -2.33. The third-order valence-electron chi connectivity index (χ3n) is 2.54. The molecule has 0 bridgehead atoms. The van der Waals surface area contributed by atoms with Crippen molar-refractivity contribution in [3.63, 3.8) is 0 Å². The Bertz CT molecular complexity index is 382. The third-order valence-corrected chi connectivity index (χ3v) is 2.54. The van der Waals surface area contributed by atoms with Crippen LogP contribution >= 0.6 is 0 Å². The van der Waals surface area contributed by atoms with Crippen LogP contribution in [0.2, 0.25) is 0 Å². The number of rotatable bonds is 5. The van der Waals surface area contributed by atoms with Crippen molar-refractivity contribution in [2.24, 2.45) is 5.92 Å². The first-order valence-electron chi connectivity index (χ1n) is 5.70. The molecule has 0 saturated heterocycles. The van der Waals surface area contributed by atoms with Gasteiger partial charge in [0, 0.05) is 25.0 Å². The van der Waals surface area contributed by atoms with Gasteiger partial charge in [0.2, 0.25) is 5.95 Å². The smallest absolute Gasteiger partial charge is 0.310 e. The van der Waals surface area contributed by atoms with Gasteiger partial charge in [-0.25, -0.2) is 9.97 Å². The summed E-state index contributed by atoms with van der Waals surface area (Å²) < 4.78 is 4.71. The van der Waals surface area contributed by atoms with E-state index in [0.29, 0.717) is 12.5 Å². The number of nitrogens with zero attached hydrogens (tertiary/aromatic N) is 3. The summed E-state index contributed by atoms with van der Waals surface area (Å²) in [7, 11) is 1.40. The molecule has 1 aromatic heterocycles. The number of hydrogen-bond acceptors (Lipinski definition) is 5. The van der Waals surface area contributed by atoms with Gasteiger partial charge >= 0.3 is 5.97 Å². The molecule has 0 aliphatic rings. The van der Waals surface area contributed by atoms with Crippen LogP contribution in [0.15, 0.2) is 12.3 Å². The van der Waals surface area contributed by atoms with E-state index in [4.69, 9.17) is 4.74 Å². The van der Waals surface area contributed by atoms with Crippen molar-refractivity contribution < 1.29 is 9.53 Å². The highest BCUT2D eigenvalue weighted by atomic mass is 16.5. The van der Waals surface area contributed by atoms with Gasteiger partial charge in [0.15, 0.2) is 0 Å². The summed E-state index contributed by atoms with van der Waals surface area (Å²) in [6, 6.07) is 1.85. The monoisotopic (exact) mass is 237 g/mol. The van der Waals surface area contributed by atoms with Crippen molar-refractivity contribution in [2.75, 3.05) is 25.1 Å². The Labute approximate surface area is 102 Å². The number of anilines is 1. The van der Waals surface area contributed by atoms with Crippen molar-refractivity contribution in [2.45, 2.75) is 20.8 Å². The molecule has 0 saturated carbocycles. The van der Waals surface area contributed by atoms with Crippen LogP contribution < -0.4 is 4.90 Å². The minimum absolute atomic E-state index is 0.191. The standard InChI is InChI=1S/C12H19N3O2/c1-5-15(8-9(2)11(16)17-4)12-13-7-6-10(3)14-12/h6-7,9H,5,8H2,1-4H3/t9-/m1/s1. The van der Waals surface area contributed by atoms with Crippen LogP contribution in [0.1, 0.15) is 19.5 Å². The predicted octanol–water partition coefficient (Wildman–Crippen LogP) is 1.42. The molecule has 1 heterocycles. The molecule has 0 radical (unpaired) electrons. The van der Waals surface area contributed by atoms with Crippen LogP contribution in [-0.2, 0) is 9.53 Å². The maximum absolute atomic E-state index is 11.4. The number of esters is 1. The van der Waals surface area contributed by atoms with Crippen molar-refractivity contribution in [1.82, 2.24) is 9.97 Å². The molecular formula is C12H19N3O2. The third kappa shape index (κ3) is 3.69. The molecule has 94 valence electrons. The lowest BCUT2D eigenvalue weighted by molar-refractivity contribution is -0.144. The number of carbonyl (C=O) groups excluding carboxylic acids is 1. The average molecular weight is 237 g/mol. The Balaban J connectivity index is 2.75. The number of methoxy groups -OCH3 is 1. The molecule has 17 heavy (non-hydrogen) atoms. The number of carbonyl (C=O) groups is 1. The molecule has 1 atom stereocenters. The second-order valence-corrected chi connectivity index (χ2v) is 3.96. The molecule has 0 spiro atoms. The lowest BCUT2D eigenvalue weighted by atomic mass is 10.2. The molecule has 0 amide bonds. The highest BCUT2D eigenvalue weighted by Gasteiger charge is 2.18. The van der Waals surface area contributed by atoms with Crippen molar-refractivity contribution in [3.8, 4) is 0 Å². The summed E-state index contributed by atoms with van der Waals surface area (Å²) in [4.78, 5) is 21.9. The second kappa shape index (κ2) is 6.18. The molecule has 5 nitrogen and oxygen atoms in total. The Morgan fingerprint density at radius 3 is 2.82 bits per heavy atom. The van der Waals surface area contributed by atoms with Gasteiger partial charge < -0.3 is 9.64 Å². The molecule has 0 unspecified atom stereocenters. The SMILES string of the molecule is CCN(C[C@@H](C)C(=O)OC)c1nccc(C)n1. The van der Waals surface area contributed by atoms with E-state index >= 15 is 0 Å². The van der Waals surface area contributed by atoms with Crippen LogP contribution in [0, 0.1) is 12.8 Å². The fraction of sp³-hybridized carbons (Fsp3) is 0.583. The van der Waals surface area contributed by atoms with Gasteiger partial charge in [0.1, 0.15) is 0 Å². The topological polar surface area (TPSA) is 55.3 Å². The summed E-state index contributed by atoms with van der Waals surface area (Å²) >= 11 is 0. The van der Waals surface area contributed by atoms with Gasteiger partial charge in [0.25, 0.3) is 0 Å². The van der Waals surface area contributed by atoms with E-state index in [1.54, 1.807) is 6.20 Å². The van der Waals surface area contributed by atoms with Gasteiger partial charge in [-0.1, -0.05) is 6.92 Å². The predicted molar refractivity (Wildman–Crippen MR) is 65.8 cm³/mol. The summed E-state index contributed by atoms with van der Waals surface area (Å²) in [6.07, 6.45) is 1.73. The van der Waals surface area contributed by atoms with Gasteiger partial charge in [0.05, 0.1) is 13.0 Å². The van der Waals surface area contributed by atoms with Gasteiger partial charge in [-0.3, -0.25) is 4.79 Å². The van der Waals surface area contributed by atoms with Gasteiger partial charge in [-0.05, 0) is 19.9 Å². The highest BCUT2D eigenvalue weighted by Crippen LogP contribution is 2.10. The average Bonchev–Trinajstić information content (AvgIpc) is 2.34. The van der Waals surface area contributed by atoms with Gasteiger partial charge in [-0.2, -0.15) is 0 Å². The molecular weight excluding hydrogens is 218 g/mol. The number of hydrogen-bond donors (Lipinski definition) is 0. The Hall–Kier alpha value is -1.65. The summed E-state index contributed by atoms with van der Waals surface area (Å²) in [5.74, 6) is 0.253. The fourth-order valence-electron chi connectivity index (χ4n) is 1.55. The van der Waals surface area contributed by atoms with Crippen molar-refractivity contribution in [3.05, 3.63) is 18.0 Å². The molecule has 0 aliphatic carbocycles. The number of aromatic nitrogens is 2. The zero-order valence-corrected chi connectivity index (χ0v) is 10.8. The van der Waals surface area contributed by atoms with Crippen LogP contribution in [0.25, 0.3) is 0 Å². The fourth-order valence-corrected chi connectivity index (χ4v) is 1.55. The Morgan fingerprint density at radius 2 is 2.29 bits per heavy atom. The Morgan fingerprint density at radius 1 is 1.59 bits per heavy atom. The molecule has 0 aliphatic heterocycles. The van der Waals surface area contributed by atoms with Gasteiger partial charge in [-0.15, -0.1) is 0 Å². The number of ether oxygens (including phenoxy) is 1. The molecule has 0 N–H and O–H groups in total. The maximum atomic E-state index is 11.4.